The first-order chi connectivity index (χ1) is 5.84. The molecule has 0 spiro atoms. The van der Waals surface area contributed by atoms with E-state index in [1.165, 1.54) is 0 Å². The second-order valence-corrected chi connectivity index (χ2v) is 4.67. The van der Waals surface area contributed by atoms with Gasteiger partial charge in [-0.1, -0.05) is 20.8 Å². The lowest BCUT2D eigenvalue weighted by Crippen LogP contribution is -2.10. The molecule has 3 heteroatoms. The number of rotatable bonds is 1. The average molecular weight is 182 g/mol. The molecule has 1 aromatic heterocycles. The number of nitrogens with zero attached hydrogens (tertiary/aromatic N) is 2. The summed E-state index contributed by atoms with van der Waals surface area (Å²) in [7, 11) is 0. The van der Waals surface area contributed by atoms with Crippen LogP contribution in [0.3, 0.4) is 0 Å². The molecule has 3 nitrogen and oxygen atoms in total. The standard InChI is InChI=1S/C10H18N2O/c1-7(2)12-9(13)8(6-11-12)10(3,4)5/h6-7,13H,1-5H3. The van der Waals surface area contributed by atoms with Crippen molar-refractivity contribution >= 4 is 0 Å². The van der Waals surface area contributed by atoms with Crippen molar-refractivity contribution in [3.8, 4) is 5.88 Å². The minimum Gasteiger partial charge on any atom is -0.493 e. The highest BCUT2D eigenvalue weighted by atomic mass is 16.3. The number of hydrogen-bond acceptors (Lipinski definition) is 2. The Morgan fingerprint density at radius 3 is 2.15 bits per heavy atom. The van der Waals surface area contributed by atoms with Gasteiger partial charge in [0.2, 0.25) is 5.88 Å². The molecule has 0 atom stereocenters. The van der Waals surface area contributed by atoms with Gasteiger partial charge < -0.3 is 5.11 Å². The van der Waals surface area contributed by atoms with E-state index in [9.17, 15) is 5.11 Å². The Labute approximate surface area is 79.4 Å². The summed E-state index contributed by atoms with van der Waals surface area (Å²) in [6.45, 7) is 10.2. The molecule has 0 aromatic carbocycles. The fourth-order valence-electron chi connectivity index (χ4n) is 1.26. The van der Waals surface area contributed by atoms with E-state index in [0.29, 0.717) is 5.88 Å². The Balaban J connectivity index is 3.14. The summed E-state index contributed by atoms with van der Waals surface area (Å²) in [6.07, 6.45) is 1.75. The molecule has 74 valence electrons. The van der Waals surface area contributed by atoms with Crippen LogP contribution < -0.4 is 0 Å². The van der Waals surface area contributed by atoms with Crippen LogP contribution in [0.5, 0.6) is 5.88 Å². The summed E-state index contributed by atoms with van der Waals surface area (Å²) in [5.74, 6) is 0.294. The molecule has 0 saturated carbocycles. The monoisotopic (exact) mass is 182 g/mol. The molecule has 0 radical (unpaired) electrons. The van der Waals surface area contributed by atoms with Gasteiger partial charge in [-0.05, 0) is 19.3 Å². The van der Waals surface area contributed by atoms with Gasteiger partial charge in [0.1, 0.15) is 0 Å². The van der Waals surface area contributed by atoms with E-state index in [-0.39, 0.29) is 11.5 Å². The lowest BCUT2D eigenvalue weighted by atomic mass is 9.89. The topological polar surface area (TPSA) is 38.0 Å². The van der Waals surface area contributed by atoms with Crippen molar-refractivity contribution in [2.75, 3.05) is 0 Å². The van der Waals surface area contributed by atoms with Crippen LogP contribution in [0.25, 0.3) is 0 Å². The zero-order chi connectivity index (χ0) is 10.2. The van der Waals surface area contributed by atoms with Crippen molar-refractivity contribution in [3.63, 3.8) is 0 Å². The van der Waals surface area contributed by atoms with Gasteiger partial charge in [0, 0.05) is 5.56 Å². The molecular weight excluding hydrogens is 164 g/mol. The normalized spacial score (nSPS) is 12.5. The molecule has 0 aliphatic heterocycles. The minimum absolute atomic E-state index is 0.0444. The molecule has 0 amide bonds. The van der Waals surface area contributed by atoms with Crippen molar-refractivity contribution < 1.29 is 5.11 Å². The number of aromatic nitrogens is 2. The largest absolute Gasteiger partial charge is 0.493 e. The van der Waals surface area contributed by atoms with Gasteiger partial charge in [-0.3, -0.25) is 0 Å². The highest BCUT2D eigenvalue weighted by Crippen LogP contribution is 2.31. The summed E-state index contributed by atoms with van der Waals surface area (Å²) in [5.41, 5.74) is 0.859. The maximum absolute atomic E-state index is 9.84. The highest BCUT2D eigenvalue weighted by molar-refractivity contribution is 5.30. The molecular formula is C10H18N2O. The predicted octanol–water partition coefficient (Wildman–Crippen LogP) is 2.47. The molecule has 0 aliphatic rings. The molecule has 1 heterocycles. The summed E-state index contributed by atoms with van der Waals surface area (Å²) in [4.78, 5) is 0. The van der Waals surface area contributed by atoms with E-state index in [1.54, 1.807) is 10.9 Å². The first-order valence-corrected chi connectivity index (χ1v) is 4.61. The van der Waals surface area contributed by atoms with Crippen molar-refractivity contribution in [3.05, 3.63) is 11.8 Å². The second-order valence-electron chi connectivity index (χ2n) is 4.67. The van der Waals surface area contributed by atoms with Gasteiger partial charge in [-0.25, -0.2) is 4.68 Å². The predicted molar refractivity (Wildman–Crippen MR) is 53.0 cm³/mol. The minimum atomic E-state index is -0.0444. The van der Waals surface area contributed by atoms with Crippen LogP contribution in [0.2, 0.25) is 0 Å². The van der Waals surface area contributed by atoms with Gasteiger partial charge in [-0.15, -0.1) is 0 Å². The van der Waals surface area contributed by atoms with Crippen LogP contribution in [0.15, 0.2) is 6.20 Å². The van der Waals surface area contributed by atoms with Gasteiger partial charge in [0.15, 0.2) is 0 Å². The molecule has 0 fully saturated rings. The Morgan fingerprint density at radius 2 is 1.92 bits per heavy atom. The van der Waals surface area contributed by atoms with Gasteiger partial charge in [0.25, 0.3) is 0 Å². The third-order valence-electron chi connectivity index (χ3n) is 2.07. The Bertz CT molecular complexity index is 294. The van der Waals surface area contributed by atoms with Crippen LogP contribution in [0.1, 0.15) is 46.2 Å². The molecule has 0 saturated heterocycles. The van der Waals surface area contributed by atoms with Gasteiger partial charge >= 0.3 is 0 Å². The first kappa shape index (κ1) is 10.1. The molecule has 1 aromatic rings. The van der Waals surface area contributed by atoms with E-state index in [2.05, 4.69) is 25.9 Å². The van der Waals surface area contributed by atoms with E-state index in [1.807, 2.05) is 13.8 Å². The third kappa shape index (κ3) is 1.85. The maximum Gasteiger partial charge on any atom is 0.213 e. The summed E-state index contributed by atoms with van der Waals surface area (Å²) in [6, 6.07) is 0.205. The molecule has 0 aliphatic carbocycles. The molecule has 1 rings (SSSR count). The Kier molecular flexibility index (Phi) is 2.37. The van der Waals surface area contributed by atoms with Crippen LogP contribution in [0, 0.1) is 0 Å². The van der Waals surface area contributed by atoms with Gasteiger partial charge in [-0.2, -0.15) is 5.10 Å². The SMILES string of the molecule is CC(C)n1ncc(C(C)(C)C)c1O. The highest BCUT2D eigenvalue weighted by Gasteiger charge is 2.22. The molecule has 13 heavy (non-hydrogen) atoms. The van der Waals surface area contributed by atoms with Crippen molar-refractivity contribution in [1.29, 1.82) is 0 Å². The van der Waals surface area contributed by atoms with Crippen molar-refractivity contribution in [2.24, 2.45) is 0 Å². The number of aromatic hydroxyl groups is 1. The molecule has 1 N–H and O–H groups in total. The molecule has 0 unspecified atom stereocenters. The fraction of sp³-hybridized carbons (Fsp3) is 0.700. The zero-order valence-corrected chi connectivity index (χ0v) is 9.00. The van der Waals surface area contributed by atoms with Crippen LogP contribution in [-0.4, -0.2) is 14.9 Å². The van der Waals surface area contributed by atoms with Crippen LogP contribution in [0.4, 0.5) is 0 Å². The van der Waals surface area contributed by atoms with E-state index in [4.69, 9.17) is 0 Å². The van der Waals surface area contributed by atoms with Crippen LogP contribution >= 0.6 is 0 Å². The first-order valence-electron chi connectivity index (χ1n) is 4.61. The Hall–Kier alpha value is -0.990. The average Bonchev–Trinajstić information content (AvgIpc) is 2.28. The Morgan fingerprint density at radius 1 is 1.38 bits per heavy atom. The van der Waals surface area contributed by atoms with E-state index < -0.39 is 0 Å². The third-order valence-corrected chi connectivity index (χ3v) is 2.07. The maximum atomic E-state index is 9.84. The summed E-state index contributed by atoms with van der Waals surface area (Å²) >= 11 is 0. The van der Waals surface area contributed by atoms with Gasteiger partial charge in [0.05, 0.1) is 12.2 Å². The second kappa shape index (κ2) is 3.05. The van der Waals surface area contributed by atoms with Crippen molar-refractivity contribution in [2.45, 2.75) is 46.1 Å². The molecule has 0 bridgehead atoms. The van der Waals surface area contributed by atoms with Crippen molar-refractivity contribution in [1.82, 2.24) is 9.78 Å². The zero-order valence-electron chi connectivity index (χ0n) is 9.00. The summed E-state index contributed by atoms with van der Waals surface area (Å²) in [5, 5.41) is 14.0. The lowest BCUT2D eigenvalue weighted by Gasteiger charge is -2.17. The van der Waals surface area contributed by atoms with E-state index in [0.717, 1.165) is 5.56 Å². The number of hydrogen-bond donors (Lipinski definition) is 1. The van der Waals surface area contributed by atoms with Crippen LogP contribution in [-0.2, 0) is 5.41 Å². The summed E-state index contributed by atoms with van der Waals surface area (Å²) < 4.78 is 1.64. The smallest absolute Gasteiger partial charge is 0.213 e. The lowest BCUT2D eigenvalue weighted by molar-refractivity contribution is 0.366. The quantitative estimate of drug-likeness (QED) is 0.724. The fourth-order valence-corrected chi connectivity index (χ4v) is 1.26. The van der Waals surface area contributed by atoms with E-state index >= 15 is 0 Å².